The van der Waals surface area contributed by atoms with Gasteiger partial charge in [0.15, 0.2) is 0 Å². The Balaban J connectivity index is 1.32. The fourth-order valence-corrected chi connectivity index (χ4v) is 3.56. The second-order valence-electron chi connectivity index (χ2n) is 6.40. The number of rotatable bonds is 4. The molecule has 0 spiro atoms. The van der Waals surface area contributed by atoms with Crippen molar-refractivity contribution >= 4 is 5.91 Å². The summed E-state index contributed by atoms with van der Waals surface area (Å²) in [7, 11) is 0. The lowest BCUT2D eigenvalue weighted by Gasteiger charge is -2.37. The van der Waals surface area contributed by atoms with Crippen LogP contribution < -0.4 is 0 Å². The smallest absolute Gasteiger partial charge is 0.257 e. The predicted molar refractivity (Wildman–Crippen MR) is 87.4 cm³/mol. The van der Waals surface area contributed by atoms with Crippen molar-refractivity contribution < 1.29 is 13.9 Å². The van der Waals surface area contributed by atoms with Gasteiger partial charge >= 0.3 is 0 Å². The molecule has 24 heavy (non-hydrogen) atoms. The van der Waals surface area contributed by atoms with Crippen LogP contribution >= 0.6 is 0 Å². The number of nitrogens with zero attached hydrogens (tertiary/aromatic N) is 3. The van der Waals surface area contributed by atoms with E-state index in [0.717, 1.165) is 38.3 Å². The number of carbonyl (C=O) groups excluding carboxylic acids is 1. The van der Waals surface area contributed by atoms with Crippen LogP contribution in [-0.2, 0) is 11.3 Å². The van der Waals surface area contributed by atoms with Gasteiger partial charge in [0.1, 0.15) is 6.26 Å². The zero-order valence-corrected chi connectivity index (χ0v) is 13.5. The summed E-state index contributed by atoms with van der Waals surface area (Å²) < 4.78 is 11.0. The number of piperazine rings is 1. The molecule has 126 valence electrons. The van der Waals surface area contributed by atoms with Crippen LogP contribution in [0.3, 0.4) is 0 Å². The SMILES string of the molecule is O=C(c1ccoc1)N1CCN2C[C@H](OCc3ccccn3)C[C@H]2C1. The first-order chi connectivity index (χ1) is 11.8. The minimum Gasteiger partial charge on any atom is -0.472 e. The Hall–Kier alpha value is -2.18. The summed E-state index contributed by atoms with van der Waals surface area (Å²) in [4.78, 5) is 21.1. The molecule has 0 saturated carbocycles. The van der Waals surface area contributed by atoms with Gasteiger partial charge in [-0.3, -0.25) is 14.7 Å². The molecule has 2 aliphatic heterocycles. The maximum atomic E-state index is 12.4. The van der Waals surface area contributed by atoms with Crippen molar-refractivity contribution in [2.75, 3.05) is 26.2 Å². The molecule has 0 bridgehead atoms. The number of furan rings is 1. The molecule has 2 fully saturated rings. The Labute approximate surface area is 141 Å². The van der Waals surface area contributed by atoms with Crippen LogP contribution in [0.2, 0.25) is 0 Å². The number of amides is 1. The molecule has 0 aliphatic carbocycles. The molecule has 6 nitrogen and oxygen atoms in total. The van der Waals surface area contributed by atoms with Crippen molar-refractivity contribution in [3.05, 3.63) is 54.2 Å². The quantitative estimate of drug-likeness (QED) is 0.857. The molecule has 2 aromatic heterocycles. The second-order valence-corrected chi connectivity index (χ2v) is 6.40. The van der Waals surface area contributed by atoms with Crippen LogP contribution in [0.15, 0.2) is 47.4 Å². The summed E-state index contributed by atoms with van der Waals surface area (Å²) >= 11 is 0. The topological polar surface area (TPSA) is 58.8 Å². The van der Waals surface area contributed by atoms with Crippen LogP contribution in [0, 0.1) is 0 Å². The van der Waals surface area contributed by atoms with Crippen molar-refractivity contribution in [3.63, 3.8) is 0 Å². The lowest BCUT2D eigenvalue weighted by Crippen LogP contribution is -2.52. The summed E-state index contributed by atoms with van der Waals surface area (Å²) in [5.41, 5.74) is 1.59. The average molecular weight is 327 g/mol. The van der Waals surface area contributed by atoms with Crippen molar-refractivity contribution in [1.29, 1.82) is 0 Å². The van der Waals surface area contributed by atoms with Gasteiger partial charge in [-0.05, 0) is 24.6 Å². The highest BCUT2D eigenvalue weighted by Gasteiger charge is 2.38. The van der Waals surface area contributed by atoms with E-state index in [1.165, 1.54) is 6.26 Å². The minimum atomic E-state index is 0.0567. The van der Waals surface area contributed by atoms with Gasteiger partial charge in [-0.25, -0.2) is 0 Å². The Morgan fingerprint density at radius 2 is 2.25 bits per heavy atom. The molecule has 2 atom stereocenters. The Kier molecular flexibility index (Phi) is 4.32. The van der Waals surface area contributed by atoms with Crippen LogP contribution in [0.25, 0.3) is 0 Å². The molecule has 2 saturated heterocycles. The largest absolute Gasteiger partial charge is 0.472 e. The monoisotopic (exact) mass is 327 g/mol. The number of hydrogen-bond donors (Lipinski definition) is 0. The minimum absolute atomic E-state index is 0.0567. The number of aromatic nitrogens is 1. The van der Waals surface area contributed by atoms with Gasteiger partial charge < -0.3 is 14.1 Å². The summed E-state index contributed by atoms with van der Waals surface area (Å²) in [6.07, 6.45) is 6.02. The molecule has 0 unspecified atom stereocenters. The Morgan fingerprint density at radius 1 is 1.29 bits per heavy atom. The van der Waals surface area contributed by atoms with Crippen LogP contribution in [0.4, 0.5) is 0 Å². The van der Waals surface area contributed by atoms with Crippen LogP contribution in [0.1, 0.15) is 22.5 Å². The molecule has 4 heterocycles. The molecule has 0 aromatic carbocycles. The third-order valence-electron chi connectivity index (χ3n) is 4.83. The summed E-state index contributed by atoms with van der Waals surface area (Å²) in [5, 5.41) is 0. The zero-order chi connectivity index (χ0) is 16.4. The van der Waals surface area contributed by atoms with Crippen LogP contribution in [0.5, 0.6) is 0 Å². The van der Waals surface area contributed by atoms with Gasteiger partial charge in [-0.15, -0.1) is 0 Å². The number of pyridine rings is 1. The number of ether oxygens (including phenoxy) is 1. The number of carbonyl (C=O) groups is 1. The third kappa shape index (κ3) is 3.20. The first-order valence-corrected chi connectivity index (χ1v) is 8.36. The molecule has 1 amide bonds. The number of fused-ring (bicyclic) bond motifs is 1. The van der Waals surface area contributed by atoms with Gasteiger partial charge in [0.25, 0.3) is 5.91 Å². The first kappa shape index (κ1) is 15.4. The zero-order valence-electron chi connectivity index (χ0n) is 13.5. The van der Waals surface area contributed by atoms with E-state index in [2.05, 4.69) is 9.88 Å². The van der Waals surface area contributed by atoms with Gasteiger partial charge in [0.2, 0.25) is 0 Å². The van der Waals surface area contributed by atoms with E-state index in [1.807, 2.05) is 23.1 Å². The van der Waals surface area contributed by atoms with Gasteiger partial charge in [-0.1, -0.05) is 6.07 Å². The fraction of sp³-hybridized carbons (Fsp3) is 0.444. The molecule has 0 N–H and O–H groups in total. The molecular weight excluding hydrogens is 306 g/mol. The highest BCUT2D eigenvalue weighted by atomic mass is 16.5. The molecule has 2 aliphatic rings. The van der Waals surface area contributed by atoms with Crippen molar-refractivity contribution in [2.24, 2.45) is 0 Å². The third-order valence-corrected chi connectivity index (χ3v) is 4.83. The molecule has 6 heteroatoms. The van der Waals surface area contributed by atoms with E-state index < -0.39 is 0 Å². The summed E-state index contributed by atoms with van der Waals surface area (Å²) in [6.45, 7) is 3.90. The first-order valence-electron chi connectivity index (χ1n) is 8.36. The number of hydrogen-bond acceptors (Lipinski definition) is 5. The maximum absolute atomic E-state index is 12.4. The van der Waals surface area contributed by atoms with E-state index in [1.54, 1.807) is 18.5 Å². The van der Waals surface area contributed by atoms with E-state index in [0.29, 0.717) is 18.2 Å². The summed E-state index contributed by atoms with van der Waals surface area (Å²) in [5.74, 6) is 0.0567. The molecule has 0 radical (unpaired) electrons. The standard InChI is InChI=1S/C18H21N3O3/c22-18(14-4-8-23-12-14)21-7-6-20-11-17(9-16(20)10-21)24-13-15-3-1-2-5-19-15/h1-5,8,12,16-17H,6-7,9-11,13H2/t16-,17+/m0/s1. The van der Waals surface area contributed by atoms with E-state index >= 15 is 0 Å². The molecular formula is C18H21N3O3. The lowest BCUT2D eigenvalue weighted by atomic mass is 10.1. The Morgan fingerprint density at radius 3 is 3.04 bits per heavy atom. The van der Waals surface area contributed by atoms with Gasteiger partial charge in [0.05, 0.1) is 30.2 Å². The fourth-order valence-electron chi connectivity index (χ4n) is 3.56. The van der Waals surface area contributed by atoms with Gasteiger partial charge in [-0.2, -0.15) is 0 Å². The average Bonchev–Trinajstić information content (AvgIpc) is 3.29. The second kappa shape index (κ2) is 6.75. The van der Waals surface area contributed by atoms with Crippen molar-refractivity contribution in [2.45, 2.75) is 25.2 Å². The Bertz CT molecular complexity index is 674. The highest BCUT2D eigenvalue weighted by molar-refractivity contribution is 5.93. The van der Waals surface area contributed by atoms with E-state index in [-0.39, 0.29) is 12.0 Å². The van der Waals surface area contributed by atoms with Crippen LogP contribution in [-0.4, -0.2) is 59.0 Å². The normalized spacial score (nSPS) is 24.1. The summed E-state index contributed by atoms with van der Waals surface area (Å²) in [6, 6.07) is 7.97. The predicted octanol–water partition coefficient (Wildman–Crippen LogP) is 1.79. The maximum Gasteiger partial charge on any atom is 0.257 e. The van der Waals surface area contributed by atoms with Crippen molar-refractivity contribution in [3.8, 4) is 0 Å². The van der Waals surface area contributed by atoms with Crippen molar-refractivity contribution in [1.82, 2.24) is 14.8 Å². The molecule has 4 rings (SSSR count). The van der Waals surface area contributed by atoms with E-state index in [4.69, 9.17) is 9.15 Å². The van der Waals surface area contributed by atoms with Gasteiger partial charge in [0, 0.05) is 38.4 Å². The highest BCUT2D eigenvalue weighted by Crippen LogP contribution is 2.25. The van der Waals surface area contributed by atoms with E-state index in [9.17, 15) is 4.79 Å². The molecule has 2 aromatic rings. The lowest BCUT2D eigenvalue weighted by molar-refractivity contribution is 0.0435.